The molecule has 0 aromatic heterocycles. The highest BCUT2D eigenvalue weighted by Crippen LogP contribution is 2.08. The molecule has 0 saturated heterocycles. The zero-order valence-electron chi connectivity index (χ0n) is 7.45. The average Bonchev–Trinajstić information content (AvgIpc) is 2.07. The first-order chi connectivity index (χ1) is 5.66. The number of benzene rings is 1. The summed E-state index contributed by atoms with van der Waals surface area (Å²) in [5, 5.41) is 0. The largest absolute Gasteiger partial charge is 0.346 e. The summed E-state index contributed by atoms with van der Waals surface area (Å²) in [6.45, 7) is 3.77. The second kappa shape index (κ2) is 10.0. The predicted octanol–water partition coefficient (Wildman–Crippen LogP) is 1.28. The van der Waals surface area contributed by atoms with Gasteiger partial charge in [-0.1, -0.05) is 42.8 Å². The number of rotatable bonds is 1. The van der Waals surface area contributed by atoms with Crippen LogP contribution in [-0.4, -0.2) is 28.4 Å². The van der Waals surface area contributed by atoms with Gasteiger partial charge in [0.25, 0.3) is 0 Å². The van der Waals surface area contributed by atoms with Gasteiger partial charge in [-0.25, -0.2) is 0 Å². The molecule has 1 aromatic rings. The van der Waals surface area contributed by atoms with Crippen LogP contribution < -0.4 is 0 Å². The third-order valence-electron chi connectivity index (χ3n) is 1.24. The van der Waals surface area contributed by atoms with Crippen LogP contribution in [0.5, 0.6) is 0 Å². The monoisotopic (exact) mass is 216 g/mol. The molecule has 0 spiro atoms. The molecule has 0 aliphatic heterocycles. The van der Waals surface area contributed by atoms with E-state index >= 15 is 0 Å². The Kier molecular flexibility index (Phi) is 11.9. The van der Waals surface area contributed by atoms with E-state index in [2.05, 4.69) is 19.1 Å². The van der Waals surface area contributed by atoms with Crippen molar-refractivity contribution < 1.29 is 9.46 Å². The van der Waals surface area contributed by atoms with Crippen LogP contribution in [-0.2, 0) is 4.57 Å². The summed E-state index contributed by atoms with van der Waals surface area (Å²) in [6, 6.07) is 10.3. The third-order valence-corrected chi connectivity index (χ3v) is 1.85. The number of hydrogen-bond acceptors (Lipinski definition) is 1. The Bertz CT molecular complexity index is 226. The van der Waals surface area contributed by atoms with E-state index in [1.54, 1.807) is 6.92 Å². The fourth-order valence-corrected chi connectivity index (χ4v) is 0.534. The van der Waals surface area contributed by atoms with Crippen molar-refractivity contribution in [2.75, 3.05) is 6.16 Å². The maximum absolute atomic E-state index is 9.55. The molecule has 4 heteroatoms. The van der Waals surface area contributed by atoms with Crippen molar-refractivity contribution in [1.82, 2.24) is 0 Å². The van der Waals surface area contributed by atoms with E-state index in [1.165, 1.54) is 5.56 Å². The second-order valence-electron chi connectivity index (χ2n) is 2.40. The van der Waals surface area contributed by atoms with Crippen LogP contribution in [0.2, 0.25) is 0 Å². The molecule has 1 aromatic carbocycles. The molecule has 0 saturated carbocycles. The summed E-state index contributed by atoms with van der Waals surface area (Å²) in [5.74, 6) is 0. The van der Waals surface area contributed by atoms with Gasteiger partial charge in [0.15, 0.2) is 25.4 Å². The van der Waals surface area contributed by atoms with Crippen LogP contribution >= 0.6 is 8.03 Å². The van der Waals surface area contributed by atoms with Gasteiger partial charge in [0.1, 0.15) is 0 Å². The lowest BCUT2D eigenvalue weighted by Gasteiger charge is -1.82. The van der Waals surface area contributed by atoms with E-state index in [9.17, 15) is 4.57 Å². The highest BCUT2D eigenvalue weighted by Gasteiger charge is 1.76. The maximum atomic E-state index is 9.55. The quantitative estimate of drug-likeness (QED) is 0.567. The molecule has 2 nitrogen and oxygen atoms in total. The molecule has 74 valence electrons. The van der Waals surface area contributed by atoms with E-state index in [0.717, 1.165) is 0 Å². The molecular weight excluding hydrogens is 198 g/mol. The highest BCUT2D eigenvalue weighted by molar-refractivity contribution is 7.37. The van der Waals surface area contributed by atoms with E-state index in [1.807, 2.05) is 18.2 Å². The van der Waals surface area contributed by atoms with E-state index < -0.39 is 8.03 Å². The van der Waals surface area contributed by atoms with Crippen LogP contribution in [0.15, 0.2) is 30.3 Å². The fourth-order valence-electron chi connectivity index (χ4n) is 0.534. The Hall–Kier alpha value is -0.0575. The zero-order chi connectivity index (χ0) is 9.40. The van der Waals surface area contributed by atoms with Gasteiger partial charge < -0.3 is 4.89 Å². The molecule has 0 fully saturated rings. The van der Waals surface area contributed by atoms with Gasteiger partial charge in [-0.3, -0.25) is 4.57 Å². The summed E-state index contributed by atoms with van der Waals surface area (Å²) in [4.78, 5) is 7.91. The first-order valence-electron chi connectivity index (χ1n) is 3.90. The van der Waals surface area contributed by atoms with Crippen LogP contribution in [0.25, 0.3) is 0 Å². The minimum Gasteiger partial charge on any atom is -0.346 e. The van der Waals surface area contributed by atoms with Crippen molar-refractivity contribution in [1.29, 1.82) is 0 Å². The topological polar surface area (TPSA) is 37.3 Å². The SMILES string of the molecule is CC[PH](=O)O.Cc1ccccc1.[AlH3]. The summed E-state index contributed by atoms with van der Waals surface area (Å²) in [5.41, 5.74) is 1.32. The Balaban J connectivity index is 0. The lowest BCUT2D eigenvalue weighted by atomic mass is 10.2. The van der Waals surface area contributed by atoms with Crippen LogP contribution in [0.1, 0.15) is 12.5 Å². The van der Waals surface area contributed by atoms with Crippen molar-refractivity contribution in [2.45, 2.75) is 13.8 Å². The number of hydrogen-bond donors (Lipinski definition) is 1. The summed E-state index contributed by atoms with van der Waals surface area (Å²) < 4.78 is 9.55. The molecule has 13 heavy (non-hydrogen) atoms. The average molecular weight is 216 g/mol. The molecule has 0 heterocycles. The Morgan fingerprint density at radius 1 is 1.31 bits per heavy atom. The molecule has 1 unspecified atom stereocenters. The molecular formula is C9H18AlO2P. The summed E-state index contributed by atoms with van der Waals surface area (Å²) in [6.07, 6.45) is 0.407. The molecule has 1 atom stereocenters. The minimum atomic E-state index is -2.12. The van der Waals surface area contributed by atoms with Gasteiger partial charge in [0, 0.05) is 6.16 Å². The molecule has 0 amide bonds. The normalized spacial score (nSPS) is 10.4. The van der Waals surface area contributed by atoms with Crippen molar-refractivity contribution in [3.05, 3.63) is 35.9 Å². The standard InChI is InChI=1S/C7H8.C2H7O2P.Al.3H/c1-7-5-3-2-4-6-7;1-2-5(3)4;;;;/h2-6H,1H3;5H,2H2,1H3,(H,3,4);;;;. The van der Waals surface area contributed by atoms with Gasteiger partial charge in [0.05, 0.1) is 0 Å². The molecule has 0 bridgehead atoms. The summed E-state index contributed by atoms with van der Waals surface area (Å²) in [7, 11) is -2.12. The van der Waals surface area contributed by atoms with Gasteiger partial charge in [-0.15, -0.1) is 0 Å². The van der Waals surface area contributed by atoms with E-state index in [0.29, 0.717) is 6.16 Å². The lowest BCUT2D eigenvalue weighted by molar-refractivity contribution is 0.504. The van der Waals surface area contributed by atoms with Crippen LogP contribution in [0, 0.1) is 6.92 Å². The van der Waals surface area contributed by atoms with Crippen molar-refractivity contribution in [3.8, 4) is 0 Å². The highest BCUT2D eigenvalue weighted by atomic mass is 31.1. The molecule has 0 radical (unpaired) electrons. The van der Waals surface area contributed by atoms with Crippen molar-refractivity contribution in [3.63, 3.8) is 0 Å². The Morgan fingerprint density at radius 2 is 1.69 bits per heavy atom. The van der Waals surface area contributed by atoms with Gasteiger partial charge in [0.2, 0.25) is 0 Å². The van der Waals surface area contributed by atoms with Gasteiger partial charge in [-0.05, 0) is 6.92 Å². The Morgan fingerprint density at radius 3 is 1.85 bits per heavy atom. The second-order valence-corrected chi connectivity index (χ2v) is 3.90. The first kappa shape index (κ1) is 15.4. The maximum Gasteiger partial charge on any atom is 0.188 e. The smallest absolute Gasteiger partial charge is 0.188 e. The molecule has 1 rings (SSSR count). The number of aryl methyl sites for hydroxylation is 1. The zero-order valence-corrected chi connectivity index (χ0v) is 8.45. The molecule has 1 N–H and O–H groups in total. The van der Waals surface area contributed by atoms with Crippen LogP contribution in [0.3, 0.4) is 0 Å². The fraction of sp³-hybridized carbons (Fsp3) is 0.333. The summed E-state index contributed by atoms with van der Waals surface area (Å²) >= 11 is 0. The molecule has 0 aliphatic rings. The minimum absolute atomic E-state index is 0. The van der Waals surface area contributed by atoms with Gasteiger partial charge >= 0.3 is 0 Å². The predicted molar refractivity (Wildman–Crippen MR) is 62.9 cm³/mol. The lowest BCUT2D eigenvalue weighted by Crippen LogP contribution is -1.62. The molecule has 0 aliphatic carbocycles. The van der Waals surface area contributed by atoms with Crippen molar-refractivity contribution in [2.24, 2.45) is 0 Å². The van der Waals surface area contributed by atoms with Gasteiger partial charge in [-0.2, -0.15) is 0 Å². The van der Waals surface area contributed by atoms with Crippen LogP contribution in [0.4, 0.5) is 0 Å². The van der Waals surface area contributed by atoms with E-state index in [4.69, 9.17) is 4.89 Å². The van der Waals surface area contributed by atoms with Crippen molar-refractivity contribution >= 4 is 25.4 Å². The van der Waals surface area contributed by atoms with E-state index in [-0.39, 0.29) is 17.4 Å². The first-order valence-corrected chi connectivity index (χ1v) is 5.46. The third kappa shape index (κ3) is 11.9. The Labute approximate surface area is 91.0 Å².